The molecule has 0 aliphatic rings. The number of amides is 1. The smallest absolute Gasteiger partial charge is 0.265 e. The second kappa shape index (κ2) is 5.65. The van der Waals surface area contributed by atoms with E-state index in [9.17, 15) is 15.0 Å². The van der Waals surface area contributed by atoms with Gasteiger partial charge in [-0.2, -0.15) is 0 Å². The highest BCUT2D eigenvalue weighted by molar-refractivity contribution is 6.09. The molecule has 0 unspecified atom stereocenters. The lowest BCUT2D eigenvalue weighted by molar-refractivity contribution is 0.0983. The van der Waals surface area contributed by atoms with Crippen LogP contribution in [0.3, 0.4) is 0 Å². The molecule has 4 heteroatoms. The Labute approximate surface area is 117 Å². The topological polar surface area (TPSA) is 60.8 Å². The Kier molecular flexibility index (Phi) is 3.94. The molecule has 0 radical (unpaired) electrons. The van der Waals surface area contributed by atoms with E-state index < -0.39 is 5.91 Å². The number of benzene rings is 2. The Hall–Kier alpha value is -2.49. The lowest BCUT2D eigenvalue weighted by Crippen LogP contribution is -2.30. The van der Waals surface area contributed by atoms with Crippen molar-refractivity contribution >= 4 is 11.6 Å². The summed E-state index contributed by atoms with van der Waals surface area (Å²) in [6, 6.07) is 11.8. The molecule has 4 nitrogen and oxygen atoms in total. The first-order valence-electron chi connectivity index (χ1n) is 6.44. The second-order valence-corrected chi connectivity index (χ2v) is 4.56. The van der Waals surface area contributed by atoms with E-state index in [4.69, 9.17) is 0 Å². The number of carbonyl (C=O) groups excluding carboxylic acids is 1. The molecule has 0 aliphatic carbocycles. The van der Waals surface area contributed by atoms with Gasteiger partial charge in [0.25, 0.3) is 5.91 Å². The minimum absolute atomic E-state index is 0.0741. The van der Waals surface area contributed by atoms with Gasteiger partial charge in [-0.05, 0) is 38.1 Å². The predicted molar refractivity (Wildman–Crippen MR) is 78.3 cm³/mol. The fraction of sp³-hybridized carbons (Fsp3) is 0.188. The molecule has 0 fully saturated rings. The molecule has 0 aliphatic heterocycles. The van der Waals surface area contributed by atoms with Crippen molar-refractivity contribution in [3.05, 3.63) is 53.6 Å². The van der Waals surface area contributed by atoms with Crippen LogP contribution >= 0.6 is 0 Å². The summed E-state index contributed by atoms with van der Waals surface area (Å²) >= 11 is 0. The molecular weight excluding hydrogens is 254 g/mol. The molecule has 20 heavy (non-hydrogen) atoms. The summed E-state index contributed by atoms with van der Waals surface area (Å²) in [6.45, 7) is 4.25. The molecule has 2 N–H and O–H groups in total. The maximum absolute atomic E-state index is 12.5. The van der Waals surface area contributed by atoms with E-state index in [0.29, 0.717) is 6.54 Å². The van der Waals surface area contributed by atoms with Gasteiger partial charge in [0.1, 0.15) is 17.1 Å². The minimum Gasteiger partial charge on any atom is -0.507 e. The molecule has 0 bridgehead atoms. The molecule has 0 saturated carbocycles. The van der Waals surface area contributed by atoms with Crippen LogP contribution in [0.4, 0.5) is 5.69 Å². The highest BCUT2D eigenvalue weighted by atomic mass is 16.3. The number of hydrogen-bond donors (Lipinski definition) is 2. The number of aromatic hydroxyl groups is 2. The van der Waals surface area contributed by atoms with Gasteiger partial charge in [0.2, 0.25) is 0 Å². The average Bonchev–Trinajstić information content (AvgIpc) is 2.41. The minimum atomic E-state index is -0.424. The van der Waals surface area contributed by atoms with E-state index in [1.54, 1.807) is 0 Å². The Bertz CT molecular complexity index is 600. The van der Waals surface area contributed by atoms with E-state index in [1.165, 1.54) is 23.1 Å². The number of aryl methyl sites for hydroxylation is 1. The summed E-state index contributed by atoms with van der Waals surface area (Å²) in [4.78, 5) is 14.0. The summed E-state index contributed by atoms with van der Waals surface area (Å²) in [7, 11) is 0. The quantitative estimate of drug-likeness (QED) is 0.901. The SMILES string of the molecule is CCN(C(=O)c1c(O)cccc1O)c1ccc(C)cc1. The van der Waals surface area contributed by atoms with Gasteiger partial charge in [-0.15, -0.1) is 0 Å². The molecule has 2 aromatic rings. The molecule has 0 saturated heterocycles. The molecule has 2 aromatic carbocycles. The number of hydrogen-bond acceptors (Lipinski definition) is 3. The van der Waals surface area contributed by atoms with Crippen LogP contribution in [0.2, 0.25) is 0 Å². The first-order chi connectivity index (χ1) is 9.54. The highest BCUT2D eigenvalue weighted by Crippen LogP contribution is 2.29. The van der Waals surface area contributed by atoms with Crippen LogP contribution in [0.25, 0.3) is 0 Å². The van der Waals surface area contributed by atoms with Gasteiger partial charge in [0.15, 0.2) is 0 Å². The number of phenolic OH excluding ortho intramolecular Hbond substituents is 2. The molecular formula is C16H17NO3. The van der Waals surface area contributed by atoms with Gasteiger partial charge in [0, 0.05) is 12.2 Å². The van der Waals surface area contributed by atoms with E-state index in [2.05, 4.69) is 0 Å². The Balaban J connectivity index is 2.42. The number of carbonyl (C=O) groups is 1. The molecule has 0 heterocycles. The first kappa shape index (κ1) is 13.9. The van der Waals surface area contributed by atoms with Crippen molar-refractivity contribution in [1.29, 1.82) is 0 Å². The van der Waals surface area contributed by atoms with Gasteiger partial charge < -0.3 is 15.1 Å². The molecule has 0 aromatic heterocycles. The summed E-state index contributed by atoms with van der Waals surface area (Å²) in [5.41, 5.74) is 1.75. The fourth-order valence-electron chi connectivity index (χ4n) is 2.05. The maximum atomic E-state index is 12.5. The van der Waals surface area contributed by atoms with Crippen molar-refractivity contribution in [1.82, 2.24) is 0 Å². The van der Waals surface area contributed by atoms with Crippen LogP contribution in [0.1, 0.15) is 22.8 Å². The van der Waals surface area contributed by atoms with Crippen molar-refractivity contribution in [3.63, 3.8) is 0 Å². The zero-order chi connectivity index (χ0) is 14.7. The fourth-order valence-corrected chi connectivity index (χ4v) is 2.05. The van der Waals surface area contributed by atoms with Crippen LogP contribution < -0.4 is 4.90 Å². The van der Waals surface area contributed by atoms with Crippen molar-refractivity contribution in [3.8, 4) is 11.5 Å². The second-order valence-electron chi connectivity index (χ2n) is 4.56. The average molecular weight is 271 g/mol. The number of nitrogens with zero attached hydrogens (tertiary/aromatic N) is 1. The third kappa shape index (κ3) is 2.59. The highest BCUT2D eigenvalue weighted by Gasteiger charge is 2.22. The number of anilines is 1. The van der Waals surface area contributed by atoms with Gasteiger partial charge >= 0.3 is 0 Å². The van der Waals surface area contributed by atoms with Gasteiger partial charge in [-0.25, -0.2) is 0 Å². The van der Waals surface area contributed by atoms with Crippen molar-refractivity contribution < 1.29 is 15.0 Å². The zero-order valence-corrected chi connectivity index (χ0v) is 11.5. The number of phenols is 2. The standard InChI is InChI=1S/C16H17NO3/c1-3-17(12-9-7-11(2)8-10-12)16(20)15-13(18)5-4-6-14(15)19/h4-10,18-19H,3H2,1-2H3. The van der Waals surface area contributed by atoms with Crippen molar-refractivity contribution in [2.45, 2.75) is 13.8 Å². The van der Waals surface area contributed by atoms with Crippen molar-refractivity contribution in [2.24, 2.45) is 0 Å². The molecule has 2 rings (SSSR count). The molecule has 1 amide bonds. The van der Waals surface area contributed by atoms with Gasteiger partial charge in [-0.3, -0.25) is 4.79 Å². The van der Waals surface area contributed by atoms with E-state index in [-0.39, 0.29) is 17.1 Å². The Morgan fingerprint density at radius 2 is 1.60 bits per heavy atom. The van der Waals surface area contributed by atoms with Crippen molar-refractivity contribution in [2.75, 3.05) is 11.4 Å². The Morgan fingerprint density at radius 3 is 2.10 bits per heavy atom. The first-order valence-corrected chi connectivity index (χ1v) is 6.44. The van der Waals surface area contributed by atoms with E-state index >= 15 is 0 Å². The third-order valence-electron chi connectivity index (χ3n) is 3.14. The van der Waals surface area contributed by atoms with Gasteiger partial charge in [0.05, 0.1) is 0 Å². The van der Waals surface area contributed by atoms with E-state index in [1.807, 2.05) is 38.1 Å². The monoisotopic (exact) mass is 271 g/mol. The zero-order valence-electron chi connectivity index (χ0n) is 11.5. The van der Waals surface area contributed by atoms with E-state index in [0.717, 1.165) is 11.3 Å². The van der Waals surface area contributed by atoms with Crippen LogP contribution in [-0.4, -0.2) is 22.7 Å². The lowest BCUT2D eigenvalue weighted by atomic mass is 10.1. The lowest BCUT2D eigenvalue weighted by Gasteiger charge is -2.22. The third-order valence-corrected chi connectivity index (χ3v) is 3.14. The summed E-state index contributed by atoms with van der Waals surface area (Å²) in [6.07, 6.45) is 0. The normalized spacial score (nSPS) is 10.3. The van der Waals surface area contributed by atoms with Crippen LogP contribution in [-0.2, 0) is 0 Å². The molecule has 104 valence electrons. The largest absolute Gasteiger partial charge is 0.507 e. The maximum Gasteiger partial charge on any atom is 0.265 e. The Morgan fingerprint density at radius 1 is 1.05 bits per heavy atom. The summed E-state index contributed by atoms with van der Waals surface area (Å²) in [5, 5.41) is 19.6. The van der Waals surface area contributed by atoms with Crippen LogP contribution in [0.5, 0.6) is 11.5 Å². The predicted octanol–water partition coefficient (Wildman–Crippen LogP) is 3.07. The summed E-state index contributed by atoms with van der Waals surface area (Å²) in [5.74, 6) is -0.868. The number of rotatable bonds is 3. The van der Waals surface area contributed by atoms with Crippen LogP contribution in [0.15, 0.2) is 42.5 Å². The molecule has 0 atom stereocenters. The van der Waals surface area contributed by atoms with Crippen LogP contribution in [0, 0.1) is 6.92 Å². The molecule has 0 spiro atoms. The van der Waals surface area contributed by atoms with Gasteiger partial charge in [-0.1, -0.05) is 23.8 Å². The summed E-state index contributed by atoms with van der Waals surface area (Å²) < 4.78 is 0.